The van der Waals surface area contributed by atoms with Gasteiger partial charge in [-0.15, -0.1) is 11.1 Å². The molecule has 1 aliphatic rings. The molecule has 0 N–H and O–H groups in total. The van der Waals surface area contributed by atoms with E-state index in [4.69, 9.17) is 0 Å². The standard InChI is InChI=1S/C21H25.2ClH.Zr/c1-13(2)14(3)8-17-6-7-20-19(11-17)12-18-9-15(4)16(5)10-21(18)20;;;/h6-7,9-10,13-14H,8,12H2,1-5H3;2*1H;/q-1;;;+3/p-2. The van der Waals surface area contributed by atoms with E-state index in [9.17, 15) is 0 Å². The number of hydrogen-bond donors (Lipinski definition) is 0. The van der Waals surface area contributed by atoms with Gasteiger partial charge in [-0.2, -0.15) is 23.8 Å². The van der Waals surface area contributed by atoms with Crippen molar-refractivity contribution in [3.63, 3.8) is 0 Å². The van der Waals surface area contributed by atoms with Gasteiger partial charge in [-0.25, -0.2) is 0 Å². The van der Waals surface area contributed by atoms with Gasteiger partial charge in [0.05, 0.1) is 0 Å². The number of benzene rings is 2. The van der Waals surface area contributed by atoms with Crippen LogP contribution in [0.25, 0.3) is 11.1 Å². The van der Waals surface area contributed by atoms with Crippen molar-refractivity contribution in [1.82, 2.24) is 0 Å². The fourth-order valence-electron chi connectivity index (χ4n) is 3.14. The minimum absolute atomic E-state index is 0. The van der Waals surface area contributed by atoms with Crippen molar-refractivity contribution in [3.05, 3.63) is 58.1 Å². The summed E-state index contributed by atoms with van der Waals surface area (Å²) in [5.74, 6) is 1.45. The first-order chi connectivity index (χ1) is 9.95. The topological polar surface area (TPSA) is 0 Å². The quantitative estimate of drug-likeness (QED) is 0.484. The Hall–Kier alpha value is -0.0969. The van der Waals surface area contributed by atoms with Crippen LogP contribution in [0.3, 0.4) is 0 Å². The molecule has 0 amide bonds. The molecule has 2 aromatic rings. The number of fused-ring (bicyclic) bond motifs is 3. The molecule has 0 saturated carbocycles. The molecule has 0 heterocycles. The summed E-state index contributed by atoms with van der Waals surface area (Å²) in [4.78, 5) is 0. The minimum Gasteiger partial charge on any atom is -1.00 e. The van der Waals surface area contributed by atoms with Crippen LogP contribution in [0.2, 0.25) is 0 Å². The van der Waals surface area contributed by atoms with E-state index in [1.165, 1.54) is 38.9 Å². The van der Waals surface area contributed by atoms with Crippen molar-refractivity contribution in [2.45, 2.75) is 47.5 Å². The third-order valence-corrected chi connectivity index (χ3v) is 5.14. The Morgan fingerprint density at radius 2 is 1.58 bits per heavy atom. The SMILES string of the molecule is Cc1cc2c(cc1C)-c1ccc(CC(C)C(C)C)[c-]c1C2.[Cl-].[Cl-].[Zr+3]. The van der Waals surface area contributed by atoms with Gasteiger partial charge in [0.25, 0.3) is 0 Å². The Morgan fingerprint density at radius 1 is 0.958 bits per heavy atom. The maximum Gasteiger partial charge on any atom is 3.00 e. The second kappa shape index (κ2) is 9.56. The largest absolute Gasteiger partial charge is 3.00 e. The van der Waals surface area contributed by atoms with E-state index in [0.29, 0.717) is 5.92 Å². The fraction of sp³-hybridized carbons (Fsp3) is 0.429. The first-order valence-corrected chi connectivity index (χ1v) is 8.10. The summed E-state index contributed by atoms with van der Waals surface area (Å²) in [5.41, 5.74) is 9.84. The first kappa shape index (κ1) is 23.9. The Kier molecular flexibility index (Phi) is 9.52. The van der Waals surface area contributed by atoms with Gasteiger partial charge in [0.15, 0.2) is 0 Å². The molecule has 24 heavy (non-hydrogen) atoms. The van der Waals surface area contributed by atoms with Gasteiger partial charge in [0.1, 0.15) is 0 Å². The average molecular weight is 440 g/mol. The normalized spacial score (nSPS) is 12.4. The first-order valence-electron chi connectivity index (χ1n) is 8.10. The van der Waals surface area contributed by atoms with E-state index in [-0.39, 0.29) is 51.0 Å². The summed E-state index contributed by atoms with van der Waals surface area (Å²) >= 11 is 0. The van der Waals surface area contributed by atoms with Gasteiger partial charge >= 0.3 is 26.2 Å². The molecule has 127 valence electrons. The molecule has 0 nitrogen and oxygen atoms in total. The van der Waals surface area contributed by atoms with Crippen LogP contribution in [-0.2, 0) is 39.0 Å². The third-order valence-electron chi connectivity index (χ3n) is 5.14. The molecule has 1 aliphatic carbocycles. The monoisotopic (exact) mass is 437 g/mol. The Labute approximate surface area is 178 Å². The maximum atomic E-state index is 3.70. The summed E-state index contributed by atoms with van der Waals surface area (Å²) in [6.07, 6.45) is 2.19. The predicted molar refractivity (Wildman–Crippen MR) is 90.7 cm³/mol. The van der Waals surface area contributed by atoms with E-state index in [2.05, 4.69) is 65.0 Å². The molecular formula is C21H25Cl2Zr. The summed E-state index contributed by atoms with van der Waals surface area (Å²) in [6.45, 7) is 11.4. The molecule has 3 rings (SSSR count). The Balaban J connectivity index is 0.00000176. The van der Waals surface area contributed by atoms with Crippen LogP contribution in [0.5, 0.6) is 0 Å². The summed E-state index contributed by atoms with van der Waals surface area (Å²) in [7, 11) is 0. The Bertz CT molecular complexity index is 692. The molecule has 2 aromatic carbocycles. The van der Waals surface area contributed by atoms with Crippen LogP contribution in [0.4, 0.5) is 0 Å². The van der Waals surface area contributed by atoms with Crippen molar-refractivity contribution >= 4 is 0 Å². The van der Waals surface area contributed by atoms with Crippen LogP contribution in [0, 0.1) is 31.7 Å². The summed E-state index contributed by atoms with van der Waals surface area (Å²) < 4.78 is 0. The van der Waals surface area contributed by atoms with Gasteiger partial charge in [0.2, 0.25) is 0 Å². The third kappa shape index (κ3) is 4.75. The van der Waals surface area contributed by atoms with Crippen LogP contribution in [0.1, 0.15) is 48.6 Å². The molecule has 3 heteroatoms. The molecule has 0 fully saturated rings. The van der Waals surface area contributed by atoms with Crippen molar-refractivity contribution < 1.29 is 51.0 Å². The molecule has 0 saturated heterocycles. The number of halogens is 2. The second-order valence-corrected chi connectivity index (χ2v) is 7.07. The average Bonchev–Trinajstić information content (AvgIpc) is 2.76. The van der Waals surface area contributed by atoms with E-state index in [0.717, 1.165) is 18.8 Å². The predicted octanol–water partition coefficient (Wildman–Crippen LogP) is -0.485. The minimum atomic E-state index is 0. The maximum absolute atomic E-state index is 3.70. The van der Waals surface area contributed by atoms with Gasteiger partial charge < -0.3 is 24.8 Å². The van der Waals surface area contributed by atoms with Crippen LogP contribution < -0.4 is 24.8 Å². The molecule has 0 spiro atoms. The fourth-order valence-corrected chi connectivity index (χ4v) is 3.14. The number of rotatable bonds is 3. The molecule has 1 atom stereocenters. The summed E-state index contributed by atoms with van der Waals surface area (Å²) in [6, 6.07) is 13.0. The van der Waals surface area contributed by atoms with Crippen LogP contribution in [-0.4, -0.2) is 0 Å². The van der Waals surface area contributed by atoms with E-state index in [1.807, 2.05) is 0 Å². The van der Waals surface area contributed by atoms with Crippen molar-refractivity contribution in [2.75, 3.05) is 0 Å². The van der Waals surface area contributed by atoms with E-state index < -0.39 is 0 Å². The summed E-state index contributed by atoms with van der Waals surface area (Å²) in [5, 5.41) is 0. The molecule has 0 aliphatic heterocycles. The smallest absolute Gasteiger partial charge is 1.00 e. The van der Waals surface area contributed by atoms with Gasteiger partial charge in [0, 0.05) is 0 Å². The molecule has 1 radical (unpaired) electrons. The Morgan fingerprint density at radius 3 is 2.21 bits per heavy atom. The van der Waals surface area contributed by atoms with Crippen LogP contribution >= 0.6 is 0 Å². The molecular weight excluding hydrogens is 414 g/mol. The van der Waals surface area contributed by atoms with Gasteiger partial charge in [-0.1, -0.05) is 38.5 Å². The van der Waals surface area contributed by atoms with Crippen molar-refractivity contribution in [3.8, 4) is 11.1 Å². The second-order valence-electron chi connectivity index (χ2n) is 7.07. The van der Waals surface area contributed by atoms with Crippen molar-refractivity contribution in [1.29, 1.82) is 0 Å². The zero-order valence-corrected chi connectivity index (χ0v) is 19.1. The molecule has 1 unspecified atom stereocenters. The van der Waals surface area contributed by atoms with Crippen LogP contribution in [0.15, 0.2) is 24.3 Å². The van der Waals surface area contributed by atoms with Gasteiger partial charge in [-0.05, 0) is 55.2 Å². The number of aryl methyl sites for hydroxylation is 2. The zero-order valence-electron chi connectivity index (χ0n) is 15.1. The van der Waals surface area contributed by atoms with E-state index >= 15 is 0 Å². The molecule has 0 bridgehead atoms. The van der Waals surface area contributed by atoms with Crippen molar-refractivity contribution in [2.24, 2.45) is 11.8 Å². The number of hydrogen-bond acceptors (Lipinski definition) is 0. The molecule has 0 aromatic heterocycles. The van der Waals surface area contributed by atoms with Gasteiger partial charge in [-0.3, -0.25) is 0 Å². The zero-order chi connectivity index (χ0) is 15.1. The van der Waals surface area contributed by atoms with E-state index in [1.54, 1.807) is 0 Å².